The van der Waals surface area contributed by atoms with Gasteiger partial charge >= 0.3 is 0 Å². The molecule has 6 nitrogen and oxygen atoms in total. The highest BCUT2D eigenvalue weighted by Gasteiger charge is 2.37. The lowest BCUT2D eigenvalue weighted by molar-refractivity contribution is -0.0179. The average molecular weight is 502 g/mol. The molecule has 1 saturated carbocycles. The molecule has 28 heavy (non-hydrogen) atoms. The molecule has 2 aliphatic rings. The van der Waals surface area contributed by atoms with Crippen molar-refractivity contribution in [3.05, 3.63) is 35.9 Å². The van der Waals surface area contributed by atoms with E-state index in [1.807, 2.05) is 6.92 Å². The molecule has 158 valence electrons. The van der Waals surface area contributed by atoms with Crippen LogP contribution in [0.1, 0.15) is 31.7 Å². The van der Waals surface area contributed by atoms with Crippen LogP contribution in [-0.4, -0.2) is 74.0 Å². The molecular weight excluding hydrogens is 467 g/mol. The van der Waals surface area contributed by atoms with E-state index in [-0.39, 0.29) is 24.0 Å². The number of nitrogens with one attached hydrogen (secondary N) is 2. The zero-order chi connectivity index (χ0) is 19.1. The number of morpholine rings is 1. The van der Waals surface area contributed by atoms with E-state index in [0.717, 1.165) is 45.4 Å². The normalized spacial score (nSPS) is 24.8. The summed E-state index contributed by atoms with van der Waals surface area (Å²) in [5.74, 6) is 2.11. The summed E-state index contributed by atoms with van der Waals surface area (Å²) in [6.45, 7) is 9.89. The molecular formula is C21H35IN4O2. The maximum absolute atomic E-state index is 10.7. The lowest BCUT2D eigenvalue weighted by Gasteiger charge is -2.33. The number of hydrogen-bond acceptors (Lipinski definition) is 4. The van der Waals surface area contributed by atoms with Crippen LogP contribution < -0.4 is 10.6 Å². The number of benzene rings is 1. The third-order valence-corrected chi connectivity index (χ3v) is 5.27. The number of aliphatic imine (C=N–C) groups is 1. The van der Waals surface area contributed by atoms with E-state index in [1.54, 1.807) is 0 Å². The Bertz CT molecular complexity index is 606. The second-order valence-corrected chi connectivity index (χ2v) is 7.97. The molecule has 1 saturated heterocycles. The van der Waals surface area contributed by atoms with Crippen LogP contribution in [0.25, 0.3) is 0 Å². The van der Waals surface area contributed by atoms with Crippen molar-refractivity contribution in [1.82, 2.24) is 15.5 Å². The standard InChI is InChI=1S/C21H34N4O2.HI/c1-3-22-20(23-14-18-13-19(18)17-7-5-4-6-8-17)24-15-21(2,26)16-25-9-11-27-12-10-25;/h4-8,18-19,26H,3,9-16H2,1-2H3,(H2,22,23,24);1H. The molecule has 3 atom stereocenters. The summed E-state index contributed by atoms with van der Waals surface area (Å²) in [4.78, 5) is 6.88. The summed E-state index contributed by atoms with van der Waals surface area (Å²) >= 11 is 0. The molecule has 1 aromatic carbocycles. The highest BCUT2D eigenvalue weighted by molar-refractivity contribution is 14.0. The summed E-state index contributed by atoms with van der Waals surface area (Å²) in [5, 5.41) is 17.5. The van der Waals surface area contributed by atoms with Crippen molar-refractivity contribution in [1.29, 1.82) is 0 Å². The zero-order valence-corrected chi connectivity index (χ0v) is 19.4. The maximum Gasteiger partial charge on any atom is 0.191 e. The van der Waals surface area contributed by atoms with Crippen LogP contribution in [0.15, 0.2) is 35.3 Å². The topological polar surface area (TPSA) is 69.1 Å². The first-order valence-electron chi connectivity index (χ1n) is 10.2. The van der Waals surface area contributed by atoms with E-state index in [1.165, 1.54) is 12.0 Å². The smallest absolute Gasteiger partial charge is 0.191 e. The van der Waals surface area contributed by atoms with Crippen LogP contribution >= 0.6 is 24.0 Å². The van der Waals surface area contributed by atoms with Crippen molar-refractivity contribution in [2.45, 2.75) is 31.8 Å². The second-order valence-electron chi connectivity index (χ2n) is 7.97. The van der Waals surface area contributed by atoms with Gasteiger partial charge in [0.1, 0.15) is 0 Å². The Balaban J connectivity index is 0.00000280. The number of guanidine groups is 1. The van der Waals surface area contributed by atoms with Gasteiger partial charge in [0, 0.05) is 32.7 Å². The monoisotopic (exact) mass is 502 g/mol. The van der Waals surface area contributed by atoms with Crippen molar-refractivity contribution in [3.8, 4) is 0 Å². The zero-order valence-electron chi connectivity index (χ0n) is 17.1. The van der Waals surface area contributed by atoms with Crippen LogP contribution in [0.4, 0.5) is 0 Å². The minimum absolute atomic E-state index is 0. The minimum Gasteiger partial charge on any atom is -0.387 e. The van der Waals surface area contributed by atoms with Gasteiger partial charge in [-0.05, 0) is 37.7 Å². The number of halogens is 1. The molecule has 1 aliphatic carbocycles. The molecule has 0 radical (unpaired) electrons. The molecule has 3 N–H and O–H groups in total. The van der Waals surface area contributed by atoms with Gasteiger partial charge in [0.05, 0.1) is 25.4 Å². The van der Waals surface area contributed by atoms with Gasteiger partial charge in [0.15, 0.2) is 5.96 Å². The van der Waals surface area contributed by atoms with Crippen molar-refractivity contribution in [2.24, 2.45) is 10.9 Å². The quantitative estimate of drug-likeness (QED) is 0.289. The number of nitrogens with zero attached hydrogens (tertiary/aromatic N) is 2. The van der Waals surface area contributed by atoms with E-state index >= 15 is 0 Å². The van der Waals surface area contributed by atoms with Gasteiger partial charge < -0.3 is 20.5 Å². The third-order valence-electron chi connectivity index (χ3n) is 5.27. The molecule has 2 fully saturated rings. The molecule has 1 heterocycles. The molecule has 7 heteroatoms. The minimum atomic E-state index is -0.841. The van der Waals surface area contributed by atoms with E-state index < -0.39 is 5.60 Å². The third kappa shape index (κ3) is 7.50. The Hall–Kier alpha value is -0.900. The molecule has 0 aromatic heterocycles. The first-order valence-corrected chi connectivity index (χ1v) is 10.2. The summed E-state index contributed by atoms with van der Waals surface area (Å²) in [6.07, 6.45) is 1.23. The molecule has 0 spiro atoms. The molecule has 1 aliphatic heterocycles. The van der Waals surface area contributed by atoms with Crippen LogP contribution in [-0.2, 0) is 4.74 Å². The van der Waals surface area contributed by atoms with Crippen molar-refractivity contribution in [3.63, 3.8) is 0 Å². The Kier molecular flexibility index (Phi) is 9.46. The Morgan fingerprint density at radius 3 is 2.64 bits per heavy atom. The Labute approximate surface area is 186 Å². The summed E-state index contributed by atoms with van der Waals surface area (Å²) in [5.41, 5.74) is 0.589. The highest BCUT2D eigenvalue weighted by Crippen LogP contribution is 2.46. The van der Waals surface area contributed by atoms with Crippen molar-refractivity contribution in [2.75, 3.05) is 52.5 Å². The number of rotatable bonds is 8. The summed E-state index contributed by atoms with van der Waals surface area (Å²) in [6, 6.07) is 10.7. The van der Waals surface area contributed by atoms with Crippen LogP contribution in [0.5, 0.6) is 0 Å². The average Bonchev–Trinajstić information content (AvgIpc) is 3.45. The largest absolute Gasteiger partial charge is 0.387 e. The van der Waals surface area contributed by atoms with Crippen LogP contribution in [0, 0.1) is 5.92 Å². The second kappa shape index (κ2) is 11.3. The lowest BCUT2D eigenvalue weighted by Crippen LogP contribution is -2.48. The van der Waals surface area contributed by atoms with Crippen LogP contribution in [0.2, 0.25) is 0 Å². The Morgan fingerprint density at radius 2 is 1.96 bits per heavy atom. The van der Waals surface area contributed by atoms with Gasteiger partial charge in [-0.3, -0.25) is 9.89 Å². The van der Waals surface area contributed by atoms with Gasteiger partial charge in [0.2, 0.25) is 0 Å². The van der Waals surface area contributed by atoms with Gasteiger partial charge in [-0.15, -0.1) is 24.0 Å². The van der Waals surface area contributed by atoms with Gasteiger partial charge in [0.25, 0.3) is 0 Å². The highest BCUT2D eigenvalue weighted by atomic mass is 127. The molecule has 3 unspecified atom stereocenters. The van der Waals surface area contributed by atoms with Gasteiger partial charge in [-0.25, -0.2) is 0 Å². The predicted octanol–water partition coefficient (Wildman–Crippen LogP) is 2.05. The fourth-order valence-corrected chi connectivity index (χ4v) is 3.69. The fourth-order valence-electron chi connectivity index (χ4n) is 3.69. The molecule has 0 bridgehead atoms. The molecule has 0 amide bonds. The number of ether oxygens (including phenoxy) is 1. The molecule has 1 aromatic rings. The Morgan fingerprint density at radius 1 is 1.25 bits per heavy atom. The van der Waals surface area contributed by atoms with Crippen LogP contribution in [0.3, 0.4) is 0 Å². The first kappa shape index (κ1) is 23.4. The predicted molar refractivity (Wildman–Crippen MR) is 125 cm³/mol. The fraction of sp³-hybridized carbons (Fsp3) is 0.667. The van der Waals surface area contributed by atoms with Crippen molar-refractivity contribution >= 4 is 29.9 Å². The maximum atomic E-state index is 10.7. The van der Waals surface area contributed by atoms with E-state index in [2.05, 4.69) is 57.8 Å². The van der Waals surface area contributed by atoms with E-state index in [9.17, 15) is 5.11 Å². The first-order chi connectivity index (χ1) is 13.1. The van der Waals surface area contributed by atoms with E-state index in [0.29, 0.717) is 24.9 Å². The van der Waals surface area contributed by atoms with Crippen molar-refractivity contribution < 1.29 is 9.84 Å². The van der Waals surface area contributed by atoms with Gasteiger partial charge in [-0.1, -0.05) is 30.3 Å². The molecule has 3 rings (SSSR count). The number of β-amino-alcohol motifs (C(OH)–C–C–N with tert-alkyl or cyclic N) is 1. The number of aliphatic hydroxyl groups is 1. The SMILES string of the molecule is CCNC(=NCC(C)(O)CN1CCOCC1)NCC1CC1c1ccccc1.I. The number of hydrogen-bond donors (Lipinski definition) is 3. The summed E-state index contributed by atoms with van der Waals surface area (Å²) < 4.78 is 5.37. The van der Waals surface area contributed by atoms with E-state index in [4.69, 9.17) is 4.74 Å². The lowest BCUT2D eigenvalue weighted by atomic mass is 10.1. The van der Waals surface area contributed by atoms with Gasteiger partial charge in [-0.2, -0.15) is 0 Å². The summed E-state index contributed by atoms with van der Waals surface area (Å²) in [7, 11) is 0.